The molecule has 19 heavy (non-hydrogen) atoms. The highest BCUT2D eigenvalue weighted by molar-refractivity contribution is 5.79. The lowest BCUT2D eigenvalue weighted by Gasteiger charge is -2.17. The molecule has 0 radical (unpaired) electrons. The number of ether oxygens (including phenoxy) is 2. The van der Waals surface area contributed by atoms with Crippen molar-refractivity contribution < 1.29 is 9.47 Å². The van der Waals surface area contributed by atoms with Crippen molar-refractivity contribution in [2.24, 2.45) is 0 Å². The van der Waals surface area contributed by atoms with E-state index >= 15 is 0 Å². The van der Waals surface area contributed by atoms with Gasteiger partial charge in [0.1, 0.15) is 19.0 Å². The first kappa shape index (κ1) is 12.0. The van der Waals surface area contributed by atoms with Crippen LogP contribution in [0.5, 0.6) is 11.5 Å². The van der Waals surface area contributed by atoms with E-state index in [9.17, 15) is 0 Å². The molecule has 100 valence electrons. The lowest BCUT2D eigenvalue weighted by Crippen LogP contribution is -2.17. The van der Waals surface area contributed by atoms with Crippen molar-refractivity contribution in [1.29, 1.82) is 0 Å². The Morgan fingerprint density at radius 2 is 2.11 bits per heavy atom. The number of benzene rings is 1. The second kappa shape index (κ2) is 5.32. The van der Waals surface area contributed by atoms with E-state index in [2.05, 4.69) is 21.9 Å². The number of imidazole rings is 1. The van der Waals surface area contributed by atoms with Crippen LogP contribution in [0.2, 0.25) is 0 Å². The van der Waals surface area contributed by atoms with Crippen molar-refractivity contribution in [2.75, 3.05) is 26.3 Å². The maximum atomic E-state index is 5.56. The smallest absolute Gasteiger partial charge is 0.163 e. The number of nitrogens with one attached hydrogen (secondary N) is 2. The number of aromatic amines is 1. The van der Waals surface area contributed by atoms with Crippen LogP contribution in [0.1, 0.15) is 5.82 Å². The van der Waals surface area contributed by atoms with Gasteiger partial charge in [0, 0.05) is 31.6 Å². The van der Waals surface area contributed by atoms with Crippen molar-refractivity contribution >= 4 is 11.0 Å². The third-order valence-corrected chi connectivity index (χ3v) is 3.02. The molecule has 0 saturated heterocycles. The number of hydrogen-bond donors (Lipinski definition) is 2. The molecule has 1 aliphatic rings. The molecule has 1 aromatic heterocycles. The van der Waals surface area contributed by atoms with E-state index in [0.717, 1.165) is 47.9 Å². The number of H-pyrrole nitrogens is 1. The number of fused-ring (bicyclic) bond motifs is 2. The molecule has 0 fully saturated rings. The summed E-state index contributed by atoms with van der Waals surface area (Å²) in [6.07, 6.45) is 2.70. The predicted octanol–water partition coefficient (Wildman–Crippen LogP) is 1.65. The van der Waals surface area contributed by atoms with Gasteiger partial charge >= 0.3 is 0 Å². The van der Waals surface area contributed by atoms with Crippen LogP contribution in [-0.2, 0) is 6.42 Å². The number of rotatable bonds is 5. The quantitative estimate of drug-likeness (QED) is 0.633. The van der Waals surface area contributed by atoms with Crippen LogP contribution in [0, 0.1) is 0 Å². The highest BCUT2D eigenvalue weighted by atomic mass is 16.6. The van der Waals surface area contributed by atoms with Crippen LogP contribution in [0.3, 0.4) is 0 Å². The Labute approximate surface area is 111 Å². The first-order valence-corrected chi connectivity index (χ1v) is 6.46. The van der Waals surface area contributed by atoms with E-state index in [4.69, 9.17) is 9.47 Å². The molecule has 2 aromatic rings. The summed E-state index contributed by atoms with van der Waals surface area (Å²) in [5, 5.41) is 3.26. The van der Waals surface area contributed by atoms with Crippen molar-refractivity contribution in [3.8, 4) is 11.5 Å². The Morgan fingerprint density at radius 3 is 2.89 bits per heavy atom. The Kier molecular flexibility index (Phi) is 3.37. The summed E-state index contributed by atoms with van der Waals surface area (Å²) in [7, 11) is 0. The molecule has 0 spiro atoms. The van der Waals surface area contributed by atoms with Gasteiger partial charge in [0.2, 0.25) is 0 Å². The minimum Gasteiger partial charge on any atom is -0.486 e. The standard InChI is InChI=1S/C14H17N3O2/c1-2-4-15-5-3-14-16-10-8-12-13(9-11(10)17-14)19-7-6-18-12/h2,8-9,15H,1,3-7H2,(H,16,17). The third-order valence-electron chi connectivity index (χ3n) is 3.02. The molecule has 0 atom stereocenters. The zero-order chi connectivity index (χ0) is 13.1. The number of hydrogen-bond acceptors (Lipinski definition) is 4. The second-order valence-electron chi connectivity index (χ2n) is 4.44. The summed E-state index contributed by atoms with van der Waals surface area (Å²) in [5.74, 6) is 2.54. The molecular formula is C14H17N3O2. The molecular weight excluding hydrogens is 242 g/mol. The molecule has 2 N–H and O–H groups in total. The molecule has 3 rings (SSSR count). The Hall–Kier alpha value is -2.01. The third kappa shape index (κ3) is 2.56. The lowest BCUT2D eigenvalue weighted by atomic mass is 10.2. The molecule has 1 aliphatic heterocycles. The molecule has 2 heterocycles. The highest BCUT2D eigenvalue weighted by Crippen LogP contribution is 2.33. The number of nitrogens with zero attached hydrogens (tertiary/aromatic N) is 1. The zero-order valence-electron chi connectivity index (χ0n) is 10.7. The first-order chi connectivity index (χ1) is 9.36. The van der Waals surface area contributed by atoms with Gasteiger partial charge in [-0.2, -0.15) is 0 Å². The average Bonchev–Trinajstić information content (AvgIpc) is 2.82. The van der Waals surface area contributed by atoms with E-state index in [0.29, 0.717) is 13.2 Å². The Morgan fingerprint density at radius 1 is 1.32 bits per heavy atom. The maximum Gasteiger partial charge on any atom is 0.163 e. The summed E-state index contributed by atoms with van der Waals surface area (Å²) >= 11 is 0. The molecule has 0 unspecified atom stereocenters. The molecule has 1 aromatic carbocycles. The molecule has 0 bridgehead atoms. The largest absolute Gasteiger partial charge is 0.486 e. The summed E-state index contributed by atoms with van der Waals surface area (Å²) in [6, 6.07) is 3.89. The van der Waals surface area contributed by atoms with Gasteiger partial charge in [-0.15, -0.1) is 6.58 Å². The van der Waals surface area contributed by atoms with Crippen LogP contribution >= 0.6 is 0 Å². The van der Waals surface area contributed by atoms with Gasteiger partial charge in [0.05, 0.1) is 11.0 Å². The summed E-state index contributed by atoms with van der Waals surface area (Å²) in [6.45, 7) is 6.56. The first-order valence-electron chi connectivity index (χ1n) is 6.46. The Bertz CT molecular complexity index is 549. The summed E-state index contributed by atoms with van der Waals surface area (Å²) in [5.41, 5.74) is 1.91. The van der Waals surface area contributed by atoms with Gasteiger partial charge in [-0.05, 0) is 0 Å². The zero-order valence-corrected chi connectivity index (χ0v) is 10.7. The fourth-order valence-electron chi connectivity index (χ4n) is 2.13. The van der Waals surface area contributed by atoms with E-state index < -0.39 is 0 Å². The maximum absolute atomic E-state index is 5.56. The SMILES string of the molecule is C=CCNCCc1nc2cc3c(cc2[nH]1)OCCO3. The summed E-state index contributed by atoms with van der Waals surface area (Å²) in [4.78, 5) is 7.87. The second-order valence-corrected chi connectivity index (χ2v) is 4.44. The normalized spacial score (nSPS) is 13.7. The molecule has 0 saturated carbocycles. The van der Waals surface area contributed by atoms with Crippen molar-refractivity contribution in [2.45, 2.75) is 6.42 Å². The van der Waals surface area contributed by atoms with Crippen LogP contribution in [0.15, 0.2) is 24.8 Å². The lowest BCUT2D eigenvalue weighted by molar-refractivity contribution is 0.172. The van der Waals surface area contributed by atoms with E-state index in [-0.39, 0.29) is 0 Å². The van der Waals surface area contributed by atoms with Gasteiger partial charge in [-0.25, -0.2) is 4.98 Å². The molecule has 0 amide bonds. The van der Waals surface area contributed by atoms with Crippen LogP contribution in [0.4, 0.5) is 0 Å². The number of aromatic nitrogens is 2. The van der Waals surface area contributed by atoms with E-state index in [1.165, 1.54) is 0 Å². The van der Waals surface area contributed by atoms with Crippen molar-refractivity contribution in [1.82, 2.24) is 15.3 Å². The summed E-state index contributed by atoms with van der Waals surface area (Å²) < 4.78 is 11.1. The van der Waals surface area contributed by atoms with E-state index in [1.807, 2.05) is 18.2 Å². The highest BCUT2D eigenvalue weighted by Gasteiger charge is 2.14. The van der Waals surface area contributed by atoms with Crippen molar-refractivity contribution in [3.05, 3.63) is 30.6 Å². The van der Waals surface area contributed by atoms with Gasteiger partial charge in [-0.1, -0.05) is 6.08 Å². The predicted molar refractivity (Wildman–Crippen MR) is 73.9 cm³/mol. The Balaban J connectivity index is 1.78. The fraction of sp³-hybridized carbons (Fsp3) is 0.357. The topological polar surface area (TPSA) is 59.2 Å². The monoisotopic (exact) mass is 259 g/mol. The molecule has 5 heteroatoms. The van der Waals surface area contributed by atoms with Crippen LogP contribution < -0.4 is 14.8 Å². The van der Waals surface area contributed by atoms with Gasteiger partial charge < -0.3 is 19.8 Å². The van der Waals surface area contributed by atoms with Gasteiger partial charge in [0.15, 0.2) is 11.5 Å². The minimum absolute atomic E-state index is 0.598. The average molecular weight is 259 g/mol. The fourth-order valence-corrected chi connectivity index (χ4v) is 2.13. The van der Waals surface area contributed by atoms with Crippen LogP contribution in [0.25, 0.3) is 11.0 Å². The van der Waals surface area contributed by atoms with Gasteiger partial charge in [-0.3, -0.25) is 0 Å². The van der Waals surface area contributed by atoms with E-state index in [1.54, 1.807) is 0 Å². The van der Waals surface area contributed by atoms with Crippen LogP contribution in [-0.4, -0.2) is 36.3 Å². The van der Waals surface area contributed by atoms with Gasteiger partial charge in [0.25, 0.3) is 0 Å². The van der Waals surface area contributed by atoms with Crippen molar-refractivity contribution in [3.63, 3.8) is 0 Å². The molecule has 5 nitrogen and oxygen atoms in total. The minimum atomic E-state index is 0.598. The molecule has 0 aliphatic carbocycles.